The van der Waals surface area contributed by atoms with Crippen molar-refractivity contribution in [1.82, 2.24) is 5.32 Å². The Bertz CT molecular complexity index is 317. The Morgan fingerprint density at radius 2 is 2.25 bits per heavy atom. The number of hydrogen-bond donors (Lipinski definition) is 1. The number of carbonyl (C=O) groups is 1. The molecule has 3 heteroatoms. The summed E-state index contributed by atoms with van der Waals surface area (Å²) < 4.78 is 0. The molecule has 1 aromatic heterocycles. The maximum absolute atomic E-state index is 11.5. The molecular formula is C13H21NOS. The predicted octanol–water partition coefficient (Wildman–Crippen LogP) is 3.33. The summed E-state index contributed by atoms with van der Waals surface area (Å²) in [5.74, 6) is 0.173. The fourth-order valence-electron chi connectivity index (χ4n) is 1.50. The van der Waals surface area contributed by atoms with Crippen LogP contribution in [0.25, 0.3) is 0 Å². The molecule has 0 aromatic carbocycles. The van der Waals surface area contributed by atoms with E-state index in [0.29, 0.717) is 6.42 Å². The molecule has 0 spiro atoms. The van der Waals surface area contributed by atoms with Crippen molar-refractivity contribution in [3.63, 3.8) is 0 Å². The number of rotatable bonds is 6. The van der Waals surface area contributed by atoms with Crippen LogP contribution in [-0.4, -0.2) is 12.5 Å². The van der Waals surface area contributed by atoms with E-state index < -0.39 is 0 Å². The minimum Gasteiger partial charge on any atom is -0.355 e. The molecule has 0 aliphatic rings. The number of thiophene rings is 1. The summed E-state index contributed by atoms with van der Waals surface area (Å²) in [6.45, 7) is 7.15. The SMILES string of the molecule is CCCCC(=O)NCC(C)(C)c1cccs1. The first kappa shape index (κ1) is 13.2. The predicted molar refractivity (Wildman–Crippen MR) is 69.9 cm³/mol. The second-order valence-corrected chi connectivity index (χ2v) is 5.69. The van der Waals surface area contributed by atoms with Crippen molar-refractivity contribution in [1.29, 1.82) is 0 Å². The maximum atomic E-state index is 11.5. The molecule has 0 unspecified atom stereocenters. The fourth-order valence-corrected chi connectivity index (χ4v) is 2.35. The van der Waals surface area contributed by atoms with Crippen LogP contribution >= 0.6 is 11.3 Å². The average Bonchev–Trinajstić information content (AvgIpc) is 2.77. The third-order valence-electron chi connectivity index (χ3n) is 2.67. The summed E-state index contributed by atoms with van der Waals surface area (Å²) in [4.78, 5) is 12.8. The molecule has 0 aliphatic carbocycles. The van der Waals surface area contributed by atoms with Crippen LogP contribution in [-0.2, 0) is 10.2 Å². The van der Waals surface area contributed by atoms with Gasteiger partial charge in [-0.25, -0.2) is 0 Å². The van der Waals surface area contributed by atoms with Crippen LogP contribution < -0.4 is 5.32 Å². The van der Waals surface area contributed by atoms with Crippen LogP contribution in [0.3, 0.4) is 0 Å². The van der Waals surface area contributed by atoms with Gasteiger partial charge in [0.25, 0.3) is 0 Å². The van der Waals surface area contributed by atoms with Crippen molar-refractivity contribution >= 4 is 17.2 Å². The van der Waals surface area contributed by atoms with Gasteiger partial charge in [0.05, 0.1) is 0 Å². The van der Waals surface area contributed by atoms with Gasteiger partial charge >= 0.3 is 0 Å². The summed E-state index contributed by atoms with van der Waals surface area (Å²) in [6, 6.07) is 4.18. The van der Waals surface area contributed by atoms with Gasteiger partial charge in [-0.3, -0.25) is 4.79 Å². The zero-order valence-electron chi connectivity index (χ0n) is 10.4. The first-order chi connectivity index (χ1) is 7.56. The van der Waals surface area contributed by atoms with E-state index in [1.54, 1.807) is 11.3 Å². The lowest BCUT2D eigenvalue weighted by Gasteiger charge is -2.23. The lowest BCUT2D eigenvalue weighted by Crippen LogP contribution is -2.36. The van der Waals surface area contributed by atoms with Crippen LogP contribution in [0.15, 0.2) is 17.5 Å². The van der Waals surface area contributed by atoms with E-state index in [0.717, 1.165) is 19.4 Å². The van der Waals surface area contributed by atoms with Crippen LogP contribution in [0.2, 0.25) is 0 Å². The van der Waals surface area contributed by atoms with Crippen molar-refractivity contribution in [2.75, 3.05) is 6.54 Å². The second-order valence-electron chi connectivity index (χ2n) is 4.74. The fraction of sp³-hybridized carbons (Fsp3) is 0.615. The summed E-state index contributed by atoms with van der Waals surface area (Å²) in [6.07, 6.45) is 2.70. The molecule has 1 aromatic rings. The second kappa shape index (κ2) is 6.04. The minimum atomic E-state index is 0.0377. The molecule has 0 atom stereocenters. The van der Waals surface area contributed by atoms with Crippen LogP contribution in [0.4, 0.5) is 0 Å². The Balaban J connectivity index is 2.39. The molecule has 1 N–H and O–H groups in total. The molecule has 0 bridgehead atoms. The number of carbonyl (C=O) groups excluding carboxylic acids is 1. The monoisotopic (exact) mass is 239 g/mol. The van der Waals surface area contributed by atoms with Gasteiger partial charge in [0.1, 0.15) is 0 Å². The number of nitrogens with one attached hydrogen (secondary N) is 1. The van der Waals surface area contributed by atoms with Crippen LogP contribution in [0.5, 0.6) is 0 Å². The van der Waals surface area contributed by atoms with Crippen LogP contribution in [0, 0.1) is 0 Å². The molecule has 90 valence electrons. The molecule has 0 saturated carbocycles. The number of unbranched alkanes of at least 4 members (excludes halogenated alkanes) is 1. The van der Waals surface area contributed by atoms with E-state index >= 15 is 0 Å². The lowest BCUT2D eigenvalue weighted by molar-refractivity contribution is -0.121. The Morgan fingerprint density at radius 1 is 1.50 bits per heavy atom. The molecule has 0 aliphatic heterocycles. The highest BCUT2D eigenvalue weighted by atomic mass is 32.1. The van der Waals surface area contributed by atoms with Crippen molar-refractivity contribution in [3.05, 3.63) is 22.4 Å². The Morgan fingerprint density at radius 3 is 2.81 bits per heavy atom. The highest BCUT2D eigenvalue weighted by molar-refractivity contribution is 7.10. The zero-order chi connectivity index (χ0) is 12.0. The topological polar surface area (TPSA) is 29.1 Å². The standard InChI is InChI=1S/C13H21NOS/c1-4-5-8-12(15)14-10-13(2,3)11-7-6-9-16-11/h6-7,9H,4-5,8,10H2,1-3H3,(H,14,15). The smallest absolute Gasteiger partial charge is 0.220 e. The largest absolute Gasteiger partial charge is 0.355 e. The normalized spacial score (nSPS) is 11.4. The highest BCUT2D eigenvalue weighted by Gasteiger charge is 2.22. The van der Waals surface area contributed by atoms with E-state index in [1.807, 2.05) is 0 Å². The van der Waals surface area contributed by atoms with E-state index in [4.69, 9.17) is 0 Å². The van der Waals surface area contributed by atoms with E-state index in [2.05, 4.69) is 43.6 Å². The molecule has 1 amide bonds. The molecule has 0 saturated heterocycles. The Hall–Kier alpha value is -0.830. The van der Waals surface area contributed by atoms with E-state index in [1.165, 1.54) is 4.88 Å². The summed E-state index contributed by atoms with van der Waals surface area (Å²) >= 11 is 1.75. The Labute approximate surface area is 102 Å². The first-order valence-electron chi connectivity index (χ1n) is 5.87. The van der Waals surface area contributed by atoms with Gasteiger partial charge in [0.15, 0.2) is 0 Å². The molecule has 0 radical (unpaired) electrons. The average molecular weight is 239 g/mol. The van der Waals surface area contributed by atoms with Crippen molar-refractivity contribution in [2.24, 2.45) is 0 Å². The maximum Gasteiger partial charge on any atom is 0.220 e. The van der Waals surface area contributed by atoms with Gasteiger partial charge in [-0.05, 0) is 17.9 Å². The van der Waals surface area contributed by atoms with Gasteiger partial charge < -0.3 is 5.32 Å². The van der Waals surface area contributed by atoms with Gasteiger partial charge in [-0.2, -0.15) is 0 Å². The van der Waals surface area contributed by atoms with E-state index in [9.17, 15) is 4.79 Å². The van der Waals surface area contributed by atoms with Crippen molar-refractivity contribution in [2.45, 2.75) is 45.4 Å². The van der Waals surface area contributed by atoms with Crippen molar-refractivity contribution < 1.29 is 4.79 Å². The van der Waals surface area contributed by atoms with E-state index in [-0.39, 0.29) is 11.3 Å². The van der Waals surface area contributed by atoms with Crippen molar-refractivity contribution in [3.8, 4) is 0 Å². The summed E-state index contributed by atoms with van der Waals surface area (Å²) in [5.41, 5.74) is 0.0377. The molecule has 1 rings (SSSR count). The summed E-state index contributed by atoms with van der Waals surface area (Å²) in [7, 11) is 0. The zero-order valence-corrected chi connectivity index (χ0v) is 11.2. The third-order valence-corrected chi connectivity index (χ3v) is 3.91. The minimum absolute atomic E-state index is 0.0377. The van der Waals surface area contributed by atoms with Gasteiger partial charge in [0.2, 0.25) is 5.91 Å². The quantitative estimate of drug-likeness (QED) is 0.810. The van der Waals surface area contributed by atoms with Gasteiger partial charge in [-0.15, -0.1) is 11.3 Å². The number of hydrogen-bond acceptors (Lipinski definition) is 2. The van der Waals surface area contributed by atoms with Crippen LogP contribution in [0.1, 0.15) is 44.9 Å². The molecule has 1 heterocycles. The third kappa shape index (κ3) is 3.97. The Kier molecular flexibility index (Phi) is 5.00. The molecule has 16 heavy (non-hydrogen) atoms. The van der Waals surface area contributed by atoms with Gasteiger partial charge in [-0.1, -0.05) is 33.3 Å². The lowest BCUT2D eigenvalue weighted by atomic mass is 9.91. The summed E-state index contributed by atoms with van der Waals surface area (Å²) in [5, 5.41) is 5.09. The molecule has 0 fully saturated rings. The molecule has 2 nitrogen and oxygen atoms in total. The first-order valence-corrected chi connectivity index (χ1v) is 6.75. The van der Waals surface area contributed by atoms with Gasteiger partial charge in [0, 0.05) is 23.3 Å². The number of amides is 1. The highest BCUT2D eigenvalue weighted by Crippen LogP contribution is 2.26. The molecular weight excluding hydrogens is 218 g/mol.